The van der Waals surface area contributed by atoms with Gasteiger partial charge in [0.1, 0.15) is 17.3 Å². The summed E-state index contributed by atoms with van der Waals surface area (Å²) in [4.78, 5) is 26.9. The van der Waals surface area contributed by atoms with Gasteiger partial charge in [-0.05, 0) is 91.4 Å². The molecule has 0 atom stereocenters. The maximum Gasteiger partial charge on any atom is 0.343 e. The van der Waals surface area contributed by atoms with E-state index in [0.717, 1.165) is 38.9 Å². The Balaban J connectivity index is 1.54. The van der Waals surface area contributed by atoms with Crippen molar-refractivity contribution in [2.24, 2.45) is 5.41 Å². The number of ether oxygens (including phenoxy) is 2. The number of carbonyl (C=O) groups is 2. The van der Waals surface area contributed by atoms with Crippen molar-refractivity contribution in [3.8, 4) is 11.5 Å². The van der Waals surface area contributed by atoms with Crippen molar-refractivity contribution in [2.75, 3.05) is 0 Å². The fraction of sp³-hybridized carbons (Fsp3) is 0.179. The average molecular weight is 583 g/mol. The molecule has 0 amide bonds. The summed E-state index contributed by atoms with van der Waals surface area (Å²) in [7, 11) is 0. The van der Waals surface area contributed by atoms with Gasteiger partial charge in [0.05, 0.1) is 16.4 Å². The first-order chi connectivity index (χ1) is 21.2. The maximum absolute atomic E-state index is 14.1. The molecule has 5 heteroatoms. The minimum absolute atomic E-state index is 0.259. The van der Waals surface area contributed by atoms with E-state index in [1.807, 2.05) is 51.1 Å². The number of esters is 2. The number of carbonyl (C=O) groups excluding carboxylic acids is 2. The summed E-state index contributed by atoms with van der Waals surface area (Å²) in [6.45, 7) is 5.47. The third-order valence-corrected chi connectivity index (χ3v) is 8.76. The van der Waals surface area contributed by atoms with E-state index in [9.17, 15) is 14.0 Å². The summed E-state index contributed by atoms with van der Waals surface area (Å²) in [5.41, 5.74) is 5.73. The van der Waals surface area contributed by atoms with Crippen LogP contribution in [0.5, 0.6) is 11.5 Å². The van der Waals surface area contributed by atoms with Crippen molar-refractivity contribution < 1.29 is 23.5 Å². The number of rotatable bonds is 5. The Bertz CT molecular complexity index is 1870. The highest BCUT2D eigenvalue weighted by Gasteiger charge is 2.54. The summed E-state index contributed by atoms with van der Waals surface area (Å²) >= 11 is 0. The molecule has 0 heterocycles. The zero-order valence-electron chi connectivity index (χ0n) is 24.8. The molecule has 0 saturated carbocycles. The van der Waals surface area contributed by atoms with Gasteiger partial charge < -0.3 is 9.47 Å². The van der Waals surface area contributed by atoms with Gasteiger partial charge >= 0.3 is 11.9 Å². The Kier molecular flexibility index (Phi) is 6.51. The van der Waals surface area contributed by atoms with E-state index in [1.165, 1.54) is 12.1 Å². The molecule has 8 rings (SSSR count). The molecule has 0 aliphatic heterocycles. The van der Waals surface area contributed by atoms with Gasteiger partial charge in [0.15, 0.2) is 0 Å². The molecule has 5 aromatic carbocycles. The SMILES string of the molecule is CC(C)(C)C(=O)Oc1ccc(OC(=O)c2ccccc2)c2c1C1c3ccccc3C2(Cc2ccc(F)cc2)c2ccccc21. The topological polar surface area (TPSA) is 52.6 Å². The summed E-state index contributed by atoms with van der Waals surface area (Å²) in [6, 6.07) is 35.5. The molecule has 0 radical (unpaired) electrons. The van der Waals surface area contributed by atoms with E-state index in [0.29, 0.717) is 23.5 Å². The zero-order chi connectivity index (χ0) is 30.6. The molecule has 3 aliphatic rings. The Morgan fingerprint density at radius 1 is 0.705 bits per heavy atom. The van der Waals surface area contributed by atoms with Crippen molar-refractivity contribution in [3.05, 3.63) is 166 Å². The first kappa shape index (κ1) is 27.8. The number of hydrogen-bond acceptors (Lipinski definition) is 4. The van der Waals surface area contributed by atoms with E-state index in [-0.39, 0.29) is 17.7 Å². The van der Waals surface area contributed by atoms with Gasteiger partial charge in [0, 0.05) is 17.0 Å². The molecule has 218 valence electrons. The second-order valence-corrected chi connectivity index (χ2v) is 12.6. The van der Waals surface area contributed by atoms with Crippen LogP contribution in [0.2, 0.25) is 0 Å². The number of hydrogen-bond donors (Lipinski definition) is 0. The Morgan fingerprint density at radius 3 is 1.89 bits per heavy atom. The molecule has 0 N–H and O–H groups in total. The Labute approximate surface area is 256 Å². The molecule has 0 saturated heterocycles. The molecule has 2 bridgehead atoms. The van der Waals surface area contributed by atoms with Crippen LogP contribution in [0.4, 0.5) is 4.39 Å². The molecule has 4 nitrogen and oxygen atoms in total. The van der Waals surface area contributed by atoms with E-state index in [1.54, 1.807) is 48.5 Å². The Morgan fingerprint density at radius 2 is 1.27 bits per heavy atom. The van der Waals surface area contributed by atoms with Crippen molar-refractivity contribution in [3.63, 3.8) is 0 Å². The van der Waals surface area contributed by atoms with Crippen molar-refractivity contribution in [1.82, 2.24) is 0 Å². The molecular weight excluding hydrogens is 551 g/mol. The van der Waals surface area contributed by atoms with Gasteiger partial charge in [0.25, 0.3) is 0 Å². The van der Waals surface area contributed by atoms with Crippen molar-refractivity contribution in [1.29, 1.82) is 0 Å². The minimum Gasteiger partial charge on any atom is -0.426 e. The van der Waals surface area contributed by atoms with E-state index in [4.69, 9.17) is 9.47 Å². The molecule has 0 unspecified atom stereocenters. The van der Waals surface area contributed by atoms with Crippen LogP contribution in [0.3, 0.4) is 0 Å². The summed E-state index contributed by atoms with van der Waals surface area (Å²) in [5.74, 6) is -0.562. The minimum atomic E-state index is -0.828. The lowest BCUT2D eigenvalue weighted by Gasteiger charge is -2.51. The highest BCUT2D eigenvalue weighted by atomic mass is 19.1. The van der Waals surface area contributed by atoms with Gasteiger partial charge in [-0.1, -0.05) is 78.9 Å². The third-order valence-electron chi connectivity index (χ3n) is 8.76. The molecule has 44 heavy (non-hydrogen) atoms. The van der Waals surface area contributed by atoms with Gasteiger partial charge in [-0.25, -0.2) is 9.18 Å². The molecular formula is C39H31FO4. The smallest absolute Gasteiger partial charge is 0.343 e. The highest BCUT2D eigenvalue weighted by molar-refractivity contribution is 5.92. The zero-order valence-corrected chi connectivity index (χ0v) is 24.8. The lowest BCUT2D eigenvalue weighted by Crippen LogP contribution is -2.44. The van der Waals surface area contributed by atoms with Crippen LogP contribution >= 0.6 is 0 Å². The van der Waals surface area contributed by atoms with E-state index >= 15 is 0 Å². The van der Waals surface area contributed by atoms with Crippen LogP contribution < -0.4 is 9.47 Å². The van der Waals surface area contributed by atoms with Crippen LogP contribution in [-0.2, 0) is 16.6 Å². The fourth-order valence-electron chi connectivity index (χ4n) is 6.82. The molecule has 3 aliphatic carbocycles. The molecule has 5 aromatic rings. The van der Waals surface area contributed by atoms with Crippen molar-refractivity contribution in [2.45, 2.75) is 38.5 Å². The lowest BCUT2D eigenvalue weighted by atomic mass is 9.51. The van der Waals surface area contributed by atoms with Gasteiger partial charge in [-0.3, -0.25) is 4.79 Å². The van der Waals surface area contributed by atoms with Gasteiger partial charge in [-0.15, -0.1) is 0 Å². The monoisotopic (exact) mass is 582 g/mol. The first-order valence-corrected chi connectivity index (χ1v) is 14.8. The van der Waals surface area contributed by atoms with Crippen molar-refractivity contribution >= 4 is 11.9 Å². The van der Waals surface area contributed by atoms with Gasteiger partial charge in [-0.2, -0.15) is 0 Å². The Hall–Kier alpha value is -5.03. The second-order valence-electron chi connectivity index (χ2n) is 12.6. The average Bonchev–Trinajstić information content (AvgIpc) is 3.03. The molecule has 0 aromatic heterocycles. The van der Waals surface area contributed by atoms with Crippen LogP contribution in [-0.4, -0.2) is 11.9 Å². The van der Waals surface area contributed by atoms with Crippen LogP contribution in [0.15, 0.2) is 115 Å². The third kappa shape index (κ3) is 4.34. The maximum atomic E-state index is 14.1. The number of halogens is 1. The molecule has 0 fully saturated rings. The first-order valence-electron chi connectivity index (χ1n) is 14.8. The lowest BCUT2D eigenvalue weighted by molar-refractivity contribution is -0.143. The van der Waals surface area contributed by atoms with Crippen LogP contribution in [0, 0.1) is 11.2 Å². The predicted molar refractivity (Wildman–Crippen MR) is 167 cm³/mol. The van der Waals surface area contributed by atoms with E-state index in [2.05, 4.69) is 24.3 Å². The molecule has 0 spiro atoms. The van der Waals surface area contributed by atoms with E-state index < -0.39 is 16.8 Å². The number of benzene rings is 5. The fourth-order valence-corrected chi connectivity index (χ4v) is 6.82. The standard InChI is InChI=1S/C39H31FO4/c1-38(2,3)37(42)44-31-21-22-32(43-36(41)25-11-5-4-6-12-25)35-34(31)33-27-13-7-9-15-29(27)39(35,30-16-10-8-14-28(30)33)23-24-17-19-26(40)20-18-24/h4-22,33H,23H2,1-3H3. The predicted octanol–water partition coefficient (Wildman–Crippen LogP) is 8.38. The normalized spacial score (nSPS) is 17.7. The van der Waals surface area contributed by atoms with Crippen LogP contribution in [0.25, 0.3) is 0 Å². The summed E-state index contributed by atoms with van der Waals surface area (Å²) in [5, 5.41) is 0. The summed E-state index contributed by atoms with van der Waals surface area (Å²) < 4.78 is 26.5. The largest absolute Gasteiger partial charge is 0.426 e. The van der Waals surface area contributed by atoms with Crippen LogP contribution in [0.1, 0.15) is 76.0 Å². The van der Waals surface area contributed by atoms with Gasteiger partial charge in [0.2, 0.25) is 0 Å². The second kappa shape index (κ2) is 10.3. The highest BCUT2D eigenvalue weighted by Crippen LogP contribution is 2.64. The summed E-state index contributed by atoms with van der Waals surface area (Å²) in [6.07, 6.45) is 0.466. The quantitative estimate of drug-likeness (QED) is 0.154.